The van der Waals surface area contributed by atoms with Crippen molar-refractivity contribution in [2.75, 3.05) is 14.1 Å². The Morgan fingerprint density at radius 2 is 1.94 bits per heavy atom. The van der Waals surface area contributed by atoms with Crippen LogP contribution < -0.4 is 0 Å². The number of carbonyl (C=O) groups is 1. The largest absolute Gasteiger partial charge is 0.369 e. The van der Waals surface area contributed by atoms with E-state index in [1.807, 2.05) is 20.2 Å². The molecule has 0 aliphatic rings. The van der Waals surface area contributed by atoms with E-state index < -0.39 is 5.92 Å². The Bertz CT molecular complexity index is 498. The molecule has 4 nitrogen and oxygen atoms in total. The van der Waals surface area contributed by atoms with Crippen LogP contribution >= 0.6 is 23.2 Å². The fraction of sp³-hybridized carbons (Fsp3) is 0.250. The molecule has 0 heterocycles. The van der Waals surface area contributed by atoms with Gasteiger partial charge in [0.25, 0.3) is 0 Å². The van der Waals surface area contributed by atoms with Gasteiger partial charge in [-0.2, -0.15) is 5.26 Å². The maximum Gasteiger partial charge on any atom is 0.141 e. The Hall–Kier alpha value is -1.57. The molecule has 0 aliphatic carbocycles. The number of benzene rings is 1. The average molecular weight is 284 g/mol. The fourth-order valence-electron chi connectivity index (χ4n) is 1.24. The van der Waals surface area contributed by atoms with Gasteiger partial charge in [-0.05, 0) is 17.7 Å². The number of hydrogen-bond acceptors (Lipinski definition) is 3. The molecule has 0 aromatic heterocycles. The lowest BCUT2D eigenvalue weighted by atomic mass is 10.0. The summed E-state index contributed by atoms with van der Waals surface area (Å²) in [5.74, 6) is -0.869. The normalized spacial score (nSPS) is 12.2. The van der Waals surface area contributed by atoms with Crippen LogP contribution in [-0.4, -0.2) is 31.6 Å². The maximum atomic E-state index is 10.7. The SMILES string of the molecule is CN(C)C=Nc1c(Cl)cc(C(C#N)C=O)cc1Cl. The van der Waals surface area contributed by atoms with Crippen molar-refractivity contribution in [3.05, 3.63) is 27.7 Å². The predicted molar refractivity (Wildman–Crippen MR) is 72.7 cm³/mol. The number of nitriles is 1. The topological polar surface area (TPSA) is 56.5 Å². The molecule has 0 aliphatic heterocycles. The molecule has 0 amide bonds. The molecule has 0 spiro atoms. The van der Waals surface area contributed by atoms with Gasteiger partial charge < -0.3 is 9.69 Å². The molecule has 0 fully saturated rings. The Morgan fingerprint density at radius 3 is 2.33 bits per heavy atom. The van der Waals surface area contributed by atoms with Crippen molar-refractivity contribution in [1.29, 1.82) is 5.26 Å². The van der Waals surface area contributed by atoms with Crippen molar-refractivity contribution in [3.63, 3.8) is 0 Å². The second-order valence-electron chi connectivity index (χ2n) is 3.78. The van der Waals surface area contributed by atoms with Gasteiger partial charge in [-0.1, -0.05) is 23.2 Å². The number of carbonyl (C=O) groups excluding carboxylic acids is 1. The van der Waals surface area contributed by atoms with E-state index in [0.29, 0.717) is 27.6 Å². The summed E-state index contributed by atoms with van der Waals surface area (Å²) in [7, 11) is 3.63. The van der Waals surface area contributed by atoms with Gasteiger partial charge in [0.1, 0.15) is 17.9 Å². The van der Waals surface area contributed by atoms with E-state index in [4.69, 9.17) is 28.5 Å². The zero-order valence-electron chi connectivity index (χ0n) is 9.89. The van der Waals surface area contributed by atoms with E-state index in [2.05, 4.69) is 4.99 Å². The zero-order chi connectivity index (χ0) is 13.7. The summed E-state index contributed by atoms with van der Waals surface area (Å²) in [6.07, 6.45) is 2.11. The van der Waals surface area contributed by atoms with Crippen LogP contribution in [0.1, 0.15) is 11.5 Å². The second-order valence-corrected chi connectivity index (χ2v) is 4.60. The Balaban J connectivity index is 3.21. The van der Waals surface area contributed by atoms with E-state index in [-0.39, 0.29) is 0 Å². The van der Waals surface area contributed by atoms with Crippen LogP contribution in [0.15, 0.2) is 17.1 Å². The van der Waals surface area contributed by atoms with Crippen LogP contribution in [0.5, 0.6) is 0 Å². The molecular formula is C12H11Cl2N3O. The summed E-state index contributed by atoms with van der Waals surface area (Å²) in [5.41, 5.74) is 0.879. The Kier molecular flexibility index (Phi) is 5.14. The van der Waals surface area contributed by atoms with Crippen LogP contribution in [0.2, 0.25) is 10.0 Å². The summed E-state index contributed by atoms with van der Waals surface area (Å²) in [6.45, 7) is 0. The lowest BCUT2D eigenvalue weighted by Crippen LogP contribution is -2.07. The average Bonchev–Trinajstić information content (AvgIpc) is 2.29. The maximum absolute atomic E-state index is 10.7. The van der Waals surface area contributed by atoms with Crippen molar-refractivity contribution in [3.8, 4) is 6.07 Å². The minimum atomic E-state index is -0.869. The first-order valence-electron chi connectivity index (χ1n) is 5.04. The molecule has 1 unspecified atom stereocenters. The summed E-state index contributed by atoms with van der Waals surface area (Å²) < 4.78 is 0. The van der Waals surface area contributed by atoms with E-state index in [0.717, 1.165) is 0 Å². The molecule has 94 valence electrons. The number of nitrogens with zero attached hydrogens (tertiary/aromatic N) is 3. The van der Waals surface area contributed by atoms with Gasteiger partial charge in [0.05, 0.1) is 22.5 Å². The summed E-state index contributed by atoms with van der Waals surface area (Å²) in [5, 5.41) is 9.41. The standard InChI is InChI=1S/C12H11Cl2N3O/c1-17(2)7-16-12-10(13)3-8(4-11(12)14)9(5-15)6-18/h3-4,6-7,9H,1-2H3. The van der Waals surface area contributed by atoms with Gasteiger partial charge in [-0.25, -0.2) is 4.99 Å². The number of aliphatic imine (C=N–C) groups is 1. The first-order chi connectivity index (χ1) is 8.49. The third-order valence-corrected chi connectivity index (χ3v) is 2.67. The quantitative estimate of drug-likeness (QED) is 0.485. The zero-order valence-corrected chi connectivity index (χ0v) is 11.4. The number of hydrogen-bond donors (Lipinski definition) is 0. The highest BCUT2D eigenvalue weighted by Crippen LogP contribution is 2.35. The van der Waals surface area contributed by atoms with Crippen LogP contribution in [0.4, 0.5) is 5.69 Å². The smallest absolute Gasteiger partial charge is 0.141 e. The van der Waals surface area contributed by atoms with Gasteiger partial charge in [0.2, 0.25) is 0 Å². The van der Waals surface area contributed by atoms with Gasteiger partial charge in [0, 0.05) is 14.1 Å². The highest BCUT2D eigenvalue weighted by Gasteiger charge is 2.14. The van der Waals surface area contributed by atoms with Gasteiger partial charge in [0.15, 0.2) is 0 Å². The van der Waals surface area contributed by atoms with Gasteiger partial charge >= 0.3 is 0 Å². The highest BCUT2D eigenvalue weighted by molar-refractivity contribution is 6.39. The van der Waals surface area contributed by atoms with Crippen molar-refractivity contribution < 1.29 is 4.79 Å². The third kappa shape index (κ3) is 3.46. The van der Waals surface area contributed by atoms with Crippen molar-refractivity contribution in [1.82, 2.24) is 4.90 Å². The molecule has 0 saturated carbocycles. The third-order valence-electron chi connectivity index (χ3n) is 2.09. The summed E-state index contributed by atoms with van der Waals surface area (Å²) in [4.78, 5) is 16.6. The van der Waals surface area contributed by atoms with Crippen LogP contribution in [0.25, 0.3) is 0 Å². The minimum absolute atomic E-state index is 0.303. The van der Waals surface area contributed by atoms with Gasteiger partial charge in [-0.3, -0.25) is 0 Å². The molecule has 1 aromatic rings. The highest BCUT2D eigenvalue weighted by atomic mass is 35.5. The molecule has 0 N–H and O–H groups in total. The first kappa shape index (κ1) is 14.5. The van der Waals surface area contributed by atoms with Gasteiger partial charge in [-0.15, -0.1) is 0 Å². The molecule has 6 heteroatoms. The lowest BCUT2D eigenvalue weighted by Gasteiger charge is -2.08. The molecule has 1 rings (SSSR count). The molecule has 0 saturated heterocycles. The van der Waals surface area contributed by atoms with Crippen molar-refractivity contribution in [2.24, 2.45) is 4.99 Å². The van der Waals surface area contributed by atoms with Crippen LogP contribution in [-0.2, 0) is 4.79 Å². The molecule has 0 bridgehead atoms. The molecular weight excluding hydrogens is 273 g/mol. The summed E-state index contributed by atoms with van der Waals surface area (Å²) in [6, 6.07) is 4.91. The Morgan fingerprint density at radius 1 is 1.39 bits per heavy atom. The molecule has 1 aromatic carbocycles. The van der Waals surface area contributed by atoms with E-state index >= 15 is 0 Å². The summed E-state index contributed by atoms with van der Waals surface area (Å²) >= 11 is 12.1. The number of halogens is 2. The van der Waals surface area contributed by atoms with Crippen molar-refractivity contribution >= 4 is 41.5 Å². The van der Waals surface area contributed by atoms with Crippen LogP contribution in [0.3, 0.4) is 0 Å². The number of rotatable bonds is 4. The molecule has 1 atom stereocenters. The van der Waals surface area contributed by atoms with E-state index in [9.17, 15) is 4.79 Å². The van der Waals surface area contributed by atoms with Crippen molar-refractivity contribution in [2.45, 2.75) is 5.92 Å². The monoisotopic (exact) mass is 283 g/mol. The van der Waals surface area contributed by atoms with Crippen LogP contribution in [0, 0.1) is 11.3 Å². The Labute approximate surface area is 115 Å². The van der Waals surface area contributed by atoms with E-state index in [1.165, 1.54) is 12.1 Å². The second kappa shape index (κ2) is 6.39. The number of aldehydes is 1. The molecule has 0 radical (unpaired) electrons. The fourth-order valence-corrected chi connectivity index (χ4v) is 1.85. The molecule has 18 heavy (non-hydrogen) atoms. The minimum Gasteiger partial charge on any atom is -0.369 e. The predicted octanol–water partition coefficient (Wildman–Crippen LogP) is 3.02. The van der Waals surface area contributed by atoms with E-state index in [1.54, 1.807) is 11.2 Å². The first-order valence-corrected chi connectivity index (χ1v) is 5.79. The lowest BCUT2D eigenvalue weighted by molar-refractivity contribution is -0.108.